The van der Waals surface area contributed by atoms with Crippen LogP contribution in [0.3, 0.4) is 0 Å². The smallest absolute Gasteiger partial charge is 0.304 e. The Kier molecular flexibility index (Phi) is 8.78. The summed E-state index contributed by atoms with van der Waals surface area (Å²) in [7, 11) is 1.83. The lowest BCUT2D eigenvalue weighted by molar-refractivity contribution is -0.137. The Hall–Kier alpha value is -1.39. The quantitative estimate of drug-likeness (QED) is 0.616. The van der Waals surface area contributed by atoms with E-state index in [1.54, 1.807) is 0 Å². The van der Waals surface area contributed by atoms with Crippen molar-refractivity contribution < 1.29 is 15.0 Å². The van der Waals surface area contributed by atoms with E-state index in [1.807, 2.05) is 24.1 Å². The first-order valence-electron chi connectivity index (χ1n) is 8.20. The Bertz CT molecular complexity index is 430. The van der Waals surface area contributed by atoms with E-state index in [0.29, 0.717) is 13.1 Å². The second-order valence-corrected chi connectivity index (χ2v) is 5.97. The molecule has 0 aliphatic rings. The minimum Gasteiger partial charge on any atom is -0.481 e. The van der Waals surface area contributed by atoms with Crippen LogP contribution < -0.4 is 0 Å². The van der Waals surface area contributed by atoms with Gasteiger partial charge in [-0.15, -0.1) is 0 Å². The lowest BCUT2D eigenvalue weighted by Crippen LogP contribution is -2.27. The van der Waals surface area contributed by atoms with Crippen molar-refractivity contribution in [2.24, 2.45) is 0 Å². The number of aliphatic carboxylic acids is 1. The number of carboxylic acid groups (broad SMARTS) is 1. The maximum atomic E-state index is 10.5. The molecule has 0 spiro atoms. The van der Waals surface area contributed by atoms with Crippen molar-refractivity contribution in [3.8, 4) is 0 Å². The summed E-state index contributed by atoms with van der Waals surface area (Å²) >= 11 is 0. The van der Waals surface area contributed by atoms with Crippen molar-refractivity contribution in [2.45, 2.75) is 51.6 Å². The Balaban J connectivity index is 2.39. The SMILES string of the molecule is CCCCCCc1ccc(C(O)CN(C)CCC(=O)O)cc1. The van der Waals surface area contributed by atoms with Gasteiger partial charge in [-0.1, -0.05) is 50.5 Å². The molecule has 0 saturated heterocycles. The van der Waals surface area contributed by atoms with E-state index < -0.39 is 12.1 Å². The van der Waals surface area contributed by atoms with Crippen molar-refractivity contribution in [1.29, 1.82) is 0 Å². The molecule has 0 amide bonds. The van der Waals surface area contributed by atoms with Crippen LogP contribution >= 0.6 is 0 Å². The van der Waals surface area contributed by atoms with Gasteiger partial charge in [0.05, 0.1) is 12.5 Å². The normalized spacial score (nSPS) is 12.5. The lowest BCUT2D eigenvalue weighted by Gasteiger charge is -2.20. The highest BCUT2D eigenvalue weighted by atomic mass is 16.4. The maximum Gasteiger partial charge on any atom is 0.304 e. The average Bonchev–Trinajstić information content (AvgIpc) is 2.50. The average molecular weight is 307 g/mol. The molecule has 124 valence electrons. The largest absolute Gasteiger partial charge is 0.481 e. The Morgan fingerprint density at radius 1 is 1.18 bits per heavy atom. The summed E-state index contributed by atoms with van der Waals surface area (Å²) in [6.45, 7) is 3.11. The van der Waals surface area contributed by atoms with Crippen LogP contribution in [-0.2, 0) is 11.2 Å². The molecule has 4 heteroatoms. The van der Waals surface area contributed by atoms with Gasteiger partial charge in [-0.25, -0.2) is 0 Å². The minimum atomic E-state index is -0.811. The van der Waals surface area contributed by atoms with Gasteiger partial charge in [-0.05, 0) is 31.0 Å². The van der Waals surface area contributed by atoms with Crippen LogP contribution in [0.5, 0.6) is 0 Å². The Morgan fingerprint density at radius 2 is 1.86 bits per heavy atom. The zero-order chi connectivity index (χ0) is 16.4. The van der Waals surface area contributed by atoms with Gasteiger partial charge in [0.25, 0.3) is 0 Å². The van der Waals surface area contributed by atoms with Crippen LogP contribution in [0.1, 0.15) is 56.3 Å². The second kappa shape index (κ2) is 10.4. The van der Waals surface area contributed by atoms with Crippen LogP contribution in [0, 0.1) is 0 Å². The van der Waals surface area contributed by atoms with Crippen molar-refractivity contribution in [3.63, 3.8) is 0 Å². The Morgan fingerprint density at radius 3 is 2.45 bits per heavy atom. The summed E-state index contributed by atoms with van der Waals surface area (Å²) in [6.07, 6.45) is 5.64. The standard InChI is InChI=1S/C18H29NO3/c1-3-4-5-6-7-15-8-10-16(11-9-15)17(20)14-19(2)13-12-18(21)22/h8-11,17,20H,3-7,12-14H2,1-2H3,(H,21,22). The fourth-order valence-corrected chi connectivity index (χ4v) is 2.44. The molecule has 0 bridgehead atoms. The molecule has 0 heterocycles. The number of aliphatic hydroxyl groups excluding tert-OH is 1. The predicted molar refractivity (Wildman–Crippen MR) is 89.0 cm³/mol. The highest BCUT2D eigenvalue weighted by Crippen LogP contribution is 2.16. The number of benzene rings is 1. The molecule has 22 heavy (non-hydrogen) atoms. The highest BCUT2D eigenvalue weighted by Gasteiger charge is 2.11. The molecule has 1 unspecified atom stereocenters. The number of hydrogen-bond donors (Lipinski definition) is 2. The zero-order valence-corrected chi connectivity index (χ0v) is 13.8. The molecule has 0 aromatic heterocycles. The number of unbranched alkanes of at least 4 members (excludes halogenated alkanes) is 3. The van der Waals surface area contributed by atoms with Gasteiger partial charge in [-0.3, -0.25) is 4.79 Å². The third-order valence-corrected chi connectivity index (χ3v) is 3.88. The van der Waals surface area contributed by atoms with Gasteiger partial charge in [0.15, 0.2) is 0 Å². The summed E-state index contributed by atoms with van der Waals surface area (Å²) in [6, 6.07) is 8.12. The second-order valence-electron chi connectivity index (χ2n) is 5.97. The van der Waals surface area contributed by atoms with Gasteiger partial charge in [0.2, 0.25) is 0 Å². The fourth-order valence-electron chi connectivity index (χ4n) is 2.44. The molecule has 1 rings (SSSR count). The van der Waals surface area contributed by atoms with Gasteiger partial charge in [0, 0.05) is 13.1 Å². The van der Waals surface area contributed by atoms with Crippen molar-refractivity contribution in [1.82, 2.24) is 4.90 Å². The molecule has 1 atom stereocenters. The summed E-state index contributed by atoms with van der Waals surface area (Å²) in [5.74, 6) is -0.811. The van der Waals surface area contributed by atoms with Gasteiger partial charge in [0.1, 0.15) is 0 Å². The van der Waals surface area contributed by atoms with E-state index in [4.69, 9.17) is 5.11 Å². The van der Waals surface area contributed by atoms with E-state index in [2.05, 4.69) is 19.1 Å². The lowest BCUT2D eigenvalue weighted by atomic mass is 10.0. The molecular weight excluding hydrogens is 278 g/mol. The number of carbonyl (C=O) groups is 1. The molecule has 2 N–H and O–H groups in total. The first-order chi connectivity index (χ1) is 10.5. The summed E-state index contributed by atoms with van der Waals surface area (Å²) in [5.41, 5.74) is 2.20. The zero-order valence-electron chi connectivity index (χ0n) is 13.8. The molecule has 0 aliphatic heterocycles. The van der Waals surface area contributed by atoms with Crippen LogP contribution in [0.25, 0.3) is 0 Å². The fraction of sp³-hybridized carbons (Fsp3) is 0.611. The molecule has 0 saturated carbocycles. The van der Waals surface area contributed by atoms with Crippen molar-refractivity contribution in [2.75, 3.05) is 20.1 Å². The molecule has 1 aromatic carbocycles. The molecule has 1 aromatic rings. The molecule has 0 fully saturated rings. The third-order valence-electron chi connectivity index (χ3n) is 3.88. The summed E-state index contributed by atoms with van der Waals surface area (Å²) in [4.78, 5) is 12.4. The van der Waals surface area contributed by atoms with Crippen LogP contribution in [0.4, 0.5) is 0 Å². The van der Waals surface area contributed by atoms with Crippen molar-refractivity contribution >= 4 is 5.97 Å². The van der Waals surface area contributed by atoms with Crippen LogP contribution in [-0.4, -0.2) is 41.2 Å². The molecule has 0 radical (unpaired) electrons. The topological polar surface area (TPSA) is 60.8 Å². The van der Waals surface area contributed by atoms with Gasteiger partial charge in [-0.2, -0.15) is 0 Å². The predicted octanol–water partition coefficient (Wildman–Crippen LogP) is 3.25. The number of nitrogens with zero attached hydrogens (tertiary/aromatic N) is 1. The van der Waals surface area contributed by atoms with Gasteiger partial charge < -0.3 is 15.1 Å². The third kappa shape index (κ3) is 7.57. The van der Waals surface area contributed by atoms with E-state index in [0.717, 1.165) is 12.0 Å². The number of aryl methyl sites for hydroxylation is 1. The van der Waals surface area contributed by atoms with Crippen LogP contribution in [0.2, 0.25) is 0 Å². The van der Waals surface area contributed by atoms with E-state index in [-0.39, 0.29) is 6.42 Å². The van der Waals surface area contributed by atoms with E-state index in [1.165, 1.54) is 31.2 Å². The van der Waals surface area contributed by atoms with E-state index in [9.17, 15) is 9.90 Å². The minimum absolute atomic E-state index is 0.0971. The summed E-state index contributed by atoms with van der Waals surface area (Å²) in [5, 5.41) is 18.9. The number of rotatable bonds is 11. The summed E-state index contributed by atoms with van der Waals surface area (Å²) < 4.78 is 0. The highest BCUT2D eigenvalue weighted by molar-refractivity contribution is 5.66. The molecule has 0 aliphatic carbocycles. The number of likely N-dealkylation sites (N-methyl/N-ethyl adjacent to an activating group) is 1. The first-order valence-corrected chi connectivity index (χ1v) is 8.20. The molecular formula is C18H29NO3. The maximum absolute atomic E-state index is 10.5. The molecule has 4 nitrogen and oxygen atoms in total. The first kappa shape index (κ1) is 18.7. The van der Waals surface area contributed by atoms with E-state index >= 15 is 0 Å². The number of hydrogen-bond acceptors (Lipinski definition) is 3. The number of carboxylic acids is 1. The van der Waals surface area contributed by atoms with Crippen LogP contribution in [0.15, 0.2) is 24.3 Å². The van der Waals surface area contributed by atoms with Crippen molar-refractivity contribution in [3.05, 3.63) is 35.4 Å². The Labute approximate surface area is 133 Å². The van der Waals surface area contributed by atoms with Gasteiger partial charge >= 0.3 is 5.97 Å². The number of aliphatic hydroxyl groups is 1. The monoisotopic (exact) mass is 307 g/mol.